The molecule has 1 amide bonds. The zero-order valence-corrected chi connectivity index (χ0v) is 13.5. The van der Waals surface area contributed by atoms with E-state index in [9.17, 15) is 9.18 Å². The van der Waals surface area contributed by atoms with Gasteiger partial charge < -0.3 is 9.42 Å². The van der Waals surface area contributed by atoms with Gasteiger partial charge in [0.2, 0.25) is 5.89 Å². The standard InChI is InChI=1S/C17H19FN4O2/c1-21-8-9-22(17(23)12-4-2-3-5-13(12)18)10-14(21)16-19-15(20-24-16)11-6-7-11/h2-5,11,14H,6-10H2,1H3/t14-/m1/s1. The molecule has 1 saturated heterocycles. The van der Waals surface area contributed by atoms with Crippen molar-refractivity contribution in [1.29, 1.82) is 0 Å². The number of piperazine rings is 1. The quantitative estimate of drug-likeness (QED) is 0.863. The van der Waals surface area contributed by atoms with Crippen molar-refractivity contribution >= 4 is 5.91 Å². The molecule has 1 aliphatic heterocycles. The Morgan fingerprint density at radius 1 is 1.29 bits per heavy atom. The number of hydrogen-bond acceptors (Lipinski definition) is 5. The third-order valence-electron chi connectivity index (χ3n) is 4.72. The van der Waals surface area contributed by atoms with Crippen molar-refractivity contribution in [3.05, 3.63) is 47.4 Å². The number of nitrogens with zero attached hydrogens (tertiary/aromatic N) is 4. The average molecular weight is 330 g/mol. The van der Waals surface area contributed by atoms with Crippen molar-refractivity contribution in [1.82, 2.24) is 19.9 Å². The minimum Gasteiger partial charge on any atom is -0.338 e. The lowest BCUT2D eigenvalue weighted by atomic mass is 10.1. The molecule has 6 nitrogen and oxygen atoms in total. The van der Waals surface area contributed by atoms with Crippen molar-refractivity contribution in [2.75, 3.05) is 26.7 Å². The van der Waals surface area contributed by atoms with Gasteiger partial charge in [-0.05, 0) is 32.0 Å². The van der Waals surface area contributed by atoms with Crippen molar-refractivity contribution in [2.24, 2.45) is 0 Å². The Bertz CT molecular complexity index is 759. The van der Waals surface area contributed by atoms with Gasteiger partial charge in [0.15, 0.2) is 5.82 Å². The summed E-state index contributed by atoms with van der Waals surface area (Å²) in [6.07, 6.45) is 2.22. The van der Waals surface area contributed by atoms with Crippen LogP contribution in [0.2, 0.25) is 0 Å². The third-order valence-corrected chi connectivity index (χ3v) is 4.72. The predicted molar refractivity (Wildman–Crippen MR) is 83.9 cm³/mol. The molecule has 126 valence electrons. The lowest BCUT2D eigenvalue weighted by Crippen LogP contribution is -2.49. The minimum atomic E-state index is -0.494. The number of carbonyl (C=O) groups excluding carboxylic acids is 1. The van der Waals surface area contributed by atoms with E-state index in [2.05, 4.69) is 15.0 Å². The molecule has 1 atom stereocenters. The van der Waals surface area contributed by atoms with Crippen LogP contribution in [0.3, 0.4) is 0 Å². The number of likely N-dealkylation sites (N-methyl/N-ethyl adjacent to an activating group) is 1. The number of rotatable bonds is 3. The fourth-order valence-electron chi connectivity index (χ4n) is 3.02. The molecule has 24 heavy (non-hydrogen) atoms. The Labute approximate surface area is 139 Å². The molecule has 0 bridgehead atoms. The Hall–Kier alpha value is -2.28. The Morgan fingerprint density at radius 2 is 2.08 bits per heavy atom. The summed E-state index contributed by atoms with van der Waals surface area (Å²) >= 11 is 0. The second-order valence-electron chi connectivity index (χ2n) is 6.49. The maximum atomic E-state index is 13.9. The van der Waals surface area contributed by atoms with E-state index >= 15 is 0 Å². The number of halogens is 1. The van der Waals surface area contributed by atoms with Crippen LogP contribution >= 0.6 is 0 Å². The van der Waals surface area contributed by atoms with E-state index < -0.39 is 5.82 Å². The van der Waals surface area contributed by atoms with E-state index in [1.54, 1.807) is 17.0 Å². The predicted octanol–water partition coefficient (Wildman–Crippen LogP) is 2.21. The first-order valence-electron chi connectivity index (χ1n) is 8.21. The van der Waals surface area contributed by atoms with Crippen molar-refractivity contribution in [2.45, 2.75) is 24.8 Å². The molecule has 1 aromatic carbocycles. The molecular formula is C17H19FN4O2. The Kier molecular flexibility index (Phi) is 3.80. The van der Waals surface area contributed by atoms with E-state index in [4.69, 9.17) is 4.52 Å². The summed E-state index contributed by atoms with van der Waals surface area (Å²) in [4.78, 5) is 20.9. The molecule has 1 aromatic heterocycles. The van der Waals surface area contributed by atoms with Gasteiger partial charge in [-0.15, -0.1) is 0 Å². The molecule has 0 unspecified atom stereocenters. The average Bonchev–Trinajstić information content (AvgIpc) is 3.33. The zero-order chi connectivity index (χ0) is 16.7. The van der Waals surface area contributed by atoms with Crippen LogP contribution in [0, 0.1) is 5.82 Å². The van der Waals surface area contributed by atoms with Crippen LogP contribution in [0.15, 0.2) is 28.8 Å². The van der Waals surface area contributed by atoms with Gasteiger partial charge >= 0.3 is 0 Å². The summed E-state index contributed by atoms with van der Waals surface area (Å²) in [5.41, 5.74) is 0.102. The topological polar surface area (TPSA) is 62.5 Å². The molecule has 0 spiro atoms. The molecular weight excluding hydrogens is 311 g/mol. The summed E-state index contributed by atoms with van der Waals surface area (Å²) in [6.45, 7) is 1.63. The van der Waals surface area contributed by atoms with Crippen LogP contribution in [0.4, 0.5) is 4.39 Å². The summed E-state index contributed by atoms with van der Waals surface area (Å²) < 4.78 is 19.3. The molecule has 7 heteroatoms. The van der Waals surface area contributed by atoms with Crippen LogP contribution in [0.1, 0.15) is 46.9 Å². The summed E-state index contributed by atoms with van der Waals surface area (Å²) in [5, 5.41) is 4.05. The maximum Gasteiger partial charge on any atom is 0.256 e. The van der Waals surface area contributed by atoms with Crippen molar-refractivity contribution in [3.63, 3.8) is 0 Å². The van der Waals surface area contributed by atoms with E-state index in [1.807, 2.05) is 7.05 Å². The Morgan fingerprint density at radius 3 is 2.83 bits per heavy atom. The maximum absolute atomic E-state index is 13.9. The first-order valence-corrected chi connectivity index (χ1v) is 8.21. The first-order chi connectivity index (χ1) is 11.6. The van der Waals surface area contributed by atoms with E-state index in [-0.39, 0.29) is 17.5 Å². The van der Waals surface area contributed by atoms with Gasteiger partial charge in [-0.3, -0.25) is 9.69 Å². The minimum absolute atomic E-state index is 0.102. The third kappa shape index (κ3) is 2.80. The van der Waals surface area contributed by atoms with E-state index in [0.717, 1.165) is 18.7 Å². The highest BCUT2D eigenvalue weighted by Gasteiger charge is 2.35. The monoisotopic (exact) mass is 330 g/mol. The van der Waals surface area contributed by atoms with Gasteiger partial charge in [0.1, 0.15) is 11.9 Å². The zero-order valence-electron chi connectivity index (χ0n) is 13.5. The lowest BCUT2D eigenvalue weighted by Gasteiger charge is -2.37. The number of carbonyl (C=O) groups is 1. The van der Waals surface area contributed by atoms with Gasteiger partial charge in [0.05, 0.1) is 5.56 Å². The van der Waals surface area contributed by atoms with E-state index in [1.165, 1.54) is 12.1 Å². The number of aromatic nitrogens is 2. The first kappa shape index (κ1) is 15.3. The fourth-order valence-corrected chi connectivity index (χ4v) is 3.02. The second-order valence-corrected chi connectivity index (χ2v) is 6.49. The van der Waals surface area contributed by atoms with Crippen LogP contribution in [0.5, 0.6) is 0 Å². The van der Waals surface area contributed by atoms with Gasteiger partial charge in [0.25, 0.3) is 5.91 Å². The molecule has 4 rings (SSSR count). The molecule has 1 aliphatic carbocycles. The molecule has 2 aromatic rings. The summed E-state index contributed by atoms with van der Waals surface area (Å²) in [5.74, 6) is 0.925. The van der Waals surface area contributed by atoms with E-state index in [0.29, 0.717) is 31.4 Å². The number of amides is 1. The molecule has 1 saturated carbocycles. The summed E-state index contributed by atoms with van der Waals surface area (Å²) in [6, 6.07) is 5.92. The van der Waals surface area contributed by atoms with Gasteiger partial charge in [-0.2, -0.15) is 4.98 Å². The number of benzene rings is 1. The highest BCUT2D eigenvalue weighted by atomic mass is 19.1. The van der Waals surface area contributed by atoms with Crippen molar-refractivity contribution < 1.29 is 13.7 Å². The van der Waals surface area contributed by atoms with Crippen LogP contribution < -0.4 is 0 Å². The molecule has 2 heterocycles. The highest BCUT2D eigenvalue weighted by molar-refractivity contribution is 5.94. The van der Waals surface area contributed by atoms with Crippen LogP contribution in [-0.4, -0.2) is 52.5 Å². The smallest absolute Gasteiger partial charge is 0.256 e. The van der Waals surface area contributed by atoms with Crippen LogP contribution in [-0.2, 0) is 0 Å². The molecule has 2 aliphatic rings. The lowest BCUT2D eigenvalue weighted by molar-refractivity contribution is 0.0485. The summed E-state index contributed by atoms with van der Waals surface area (Å²) in [7, 11) is 1.97. The van der Waals surface area contributed by atoms with Crippen molar-refractivity contribution in [3.8, 4) is 0 Å². The fraction of sp³-hybridized carbons (Fsp3) is 0.471. The molecule has 0 N–H and O–H groups in total. The molecule has 0 radical (unpaired) electrons. The van der Waals surface area contributed by atoms with Gasteiger partial charge in [-0.1, -0.05) is 17.3 Å². The molecule has 2 fully saturated rings. The largest absolute Gasteiger partial charge is 0.338 e. The normalized spacial score (nSPS) is 21.9. The van der Waals surface area contributed by atoms with Gasteiger partial charge in [-0.25, -0.2) is 4.39 Å². The number of hydrogen-bond donors (Lipinski definition) is 0. The Balaban J connectivity index is 1.53. The van der Waals surface area contributed by atoms with Crippen LogP contribution in [0.25, 0.3) is 0 Å². The highest BCUT2D eigenvalue weighted by Crippen LogP contribution is 2.38. The second kappa shape index (κ2) is 5.98. The SMILES string of the molecule is CN1CCN(C(=O)c2ccccc2F)C[C@@H]1c1nc(C2CC2)no1. The van der Waals surface area contributed by atoms with Gasteiger partial charge in [0, 0.05) is 25.6 Å².